The molecule has 0 bridgehead atoms. The molecule has 10 heteroatoms. The number of aromatic nitrogens is 4. The molecule has 0 aliphatic carbocycles. The molecule has 21 heavy (non-hydrogen) atoms. The molecule has 0 aromatic carbocycles. The van der Waals surface area contributed by atoms with Crippen LogP contribution in [0.3, 0.4) is 0 Å². The first-order chi connectivity index (χ1) is 9.86. The second-order valence-electron chi connectivity index (χ2n) is 5.11. The fourth-order valence-electron chi connectivity index (χ4n) is 2.48. The third-order valence-electron chi connectivity index (χ3n) is 3.57. The number of anilines is 1. The Morgan fingerprint density at radius 3 is 3.00 bits per heavy atom. The number of hydrogen-bond acceptors (Lipinski definition) is 7. The van der Waals surface area contributed by atoms with E-state index in [0.717, 1.165) is 0 Å². The highest BCUT2D eigenvalue weighted by Crippen LogP contribution is 2.40. The number of aromatic amines is 1. The van der Waals surface area contributed by atoms with Crippen LogP contribution in [0.15, 0.2) is 11.1 Å². The number of fused-ring (bicyclic) bond motifs is 1. The summed E-state index contributed by atoms with van der Waals surface area (Å²) < 4.78 is 20.6. The number of aliphatic hydroxyl groups excluding tert-OH is 1. The van der Waals surface area contributed by atoms with Gasteiger partial charge in [0.15, 0.2) is 23.6 Å². The van der Waals surface area contributed by atoms with Crippen molar-refractivity contribution in [3.05, 3.63) is 16.7 Å². The summed E-state index contributed by atoms with van der Waals surface area (Å²) in [5, 5.41) is 19.4. The number of rotatable bonds is 2. The molecule has 3 heterocycles. The number of nitrogens with one attached hydrogen (secondary N) is 1. The average Bonchev–Trinajstić information content (AvgIpc) is 2.91. The van der Waals surface area contributed by atoms with Crippen LogP contribution in [0, 0.1) is 0 Å². The summed E-state index contributed by atoms with van der Waals surface area (Å²) in [6, 6.07) is 0. The molecule has 9 nitrogen and oxygen atoms in total. The van der Waals surface area contributed by atoms with Crippen molar-refractivity contribution in [3.8, 4) is 0 Å². The van der Waals surface area contributed by atoms with Crippen LogP contribution >= 0.6 is 0 Å². The molecule has 2 aromatic rings. The minimum absolute atomic E-state index is 0.00791. The molecule has 2 aromatic heterocycles. The van der Waals surface area contributed by atoms with Gasteiger partial charge in [-0.05, 0) is 6.92 Å². The summed E-state index contributed by atoms with van der Waals surface area (Å²) >= 11 is 0. The number of nitrogens with zero attached hydrogens (tertiary/aromatic N) is 3. The van der Waals surface area contributed by atoms with Gasteiger partial charge >= 0.3 is 0 Å². The zero-order valence-electron chi connectivity index (χ0n) is 11.0. The first kappa shape index (κ1) is 13.9. The number of ether oxygens (including phenoxy) is 1. The second-order valence-corrected chi connectivity index (χ2v) is 5.11. The van der Waals surface area contributed by atoms with E-state index in [1.54, 1.807) is 0 Å². The normalized spacial score (nSPS) is 32.9. The van der Waals surface area contributed by atoms with E-state index in [1.807, 2.05) is 0 Å². The van der Waals surface area contributed by atoms with Gasteiger partial charge in [-0.3, -0.25) is 14.3 Å². The van der Waals surface area contributed by atoms with Crippen LogP contribution in [0.2, 0.25) is 0 Å². The van der Waals surface area contributed by atoms with E-state index in [9.17, 15) is 14.3 Å². The van der Waals surface area contributed by atoms with Gasteiger partial charge in [0.05, 0.1) is 12.9 Å². The summed E-state index contributed by atoms with van der Waals surface area (Å²) in [6.07, 6.45) is -2.97. The largest absolute Gasteiger partial charge is 0.394 e. The lowest BCUT2D eigenvalue weighted by atomic mass is 9.98. The molecular formula is C11H14FN5O4. The molecule has 1 fully saturated rings. The maximum atomic E-state index is 14.1. The molecule has 1 saturated heterocycles. The van der Waals surface area contributed by atoms with Crippen LogP contribution in [0.5, 0.6) is 0 Å². The Kier molecular flexibility index (Phi) is 2.97. The molecule has 0 saturated carbocycles. The molecule has 114 valence electrons. The third kappa shape index (κ3) is 1.91. The van der Waals surface area contributed by atoms with Gasteiger partial charge in [0.25, 0.3) is 5.56 Å². The average molecular weight is 299 g/mol. The highest BCUT2D eigenvalue weighted by atomic mass is 19.1. The predicted molar refractivity (Wildman–Crippen MR) is 69.1 cm³/mol. The molecule has 0 unspecified atom stereocenters. The summed E-state index contributed by atoms with van der Waals surface area (Å²) in [5.74, 6) is -0.137. The minimum atomic E-state index is -1.92. The quantitative estimate of drug-likeness (QED) is 0.539. The molecular weight excluding hydrogens is 285 g/mol. The highest BCUT2D eigenvalue weighted by molar-refractivity contribution is 5.70. The van der Waals surface area contributed by atoms with Crippen LogP contribution in [0.1, 0.15) is 13.2 Å². The Morgan fingerprint density at radius 2 is 2.38 bits per heavy atom. The first-order valence-corrected chi connectivity index (χ1v) is 6.21. The molecule has 4 atom stereocenters. The number of nitrogens with two attached hydrogens (primary N) is 1. The van der Waals surface area contributed by atoms with E-state index in [2.05, 4.69) is 15.0 Å². The smallest absolute Gasteiger partial charge is 0.280 e. The Morgan fingerprint density at radius 1 is 1.67 bits per heavy atom. The monoisotopic (exact) mass is 299 g/mol. The van der Waals surface area contributed by atoms with Gasteiger partial charge in [-0.15, -0.1) is 0 Å². The Hall–Kier alpha value is -2.04. The number of nitrogen functional groups attached to an aromatic ring is 1. The number of alkyl halides is 1. The standard InChI is InChI=1S/C11H14FN5O4/c1-11(20)6(12)4(2-18)21-9(11)17-3-14-5-7(17)15-10(13)16-8(5)19/h3-4,6,9,18,20H,2H2,1H3,(H3,13,15,16,19)/t4-,6-,9-,11-/m1/s1. The van der Waals surface area contributed by atoms with Crippen LogP contribution in [0.4, 0.5) is 10.3 Å². The van der Waals surface area contributed by atoms with E-state index in [1.165, 1.54) is 17.8 Å². The molecule has 5 N–H and O–H groups in total. The van der Waals surface area contributed by atoms with Crippen LogP contribution < -0.4 is 11.3 Å². The van der Waals surface area contributed by atoms with E-state index >= 15 is 0 Å². The Balaban J connectivity index is 2.15. The lowest BCUT2D eigenvalue weighted by Crippen LogP contribution is -2.41. The topological polar surface area (TPSA) is 139 Å². The summed E-state index contributed by atoms with van der Waals surface area (Å²) in [4.78, 5) is 21.8. The van der Waals surface area contributed by atoms with Crippen LogP contribution in [-0.4, -0.2) is 54.2 Å². The zero-order valence-corrected chi connectivity index (χ0v) is 11.0. The maximum absolute atomic E-state index is 14.1. The number of imidazole rings is 1. The van der Waals surface area contributed by atoms with Crippen molar-refractivity contribution in [2.45, 2.75) is 31.0 Å². The van der Waals surface area contributed by atoms with Crippen molar-refractivity contribution in [3.63, 3.8) is 0 Å². The summed E-state index contributed by atoms with van der Waals surface area (Å²) in [6.45, 7) is 0.650. The molecule has 0 amide bonds. The zero-order chi connectivity index (χ0) is 15.4. The van der Waals surface area contributed by atoms with Crippen molar-refractivity contribution in [1.82, 2.24) is 19.5 Å². The number of halogens is 1. The third-order valence-corrected chi connectivity index (χ3v) is 3.57. The molecule has 1 aliphatic rings. The Bertz CT molecular complexity index is 742. The molecule has 3 rings (SSSR count). The summed E-state index contributed by atoms with van der Waals surface area (Å²) in [7, 11) is 0. The van der Waals surface area contributed by atoms with Crippen molar-refractivity contribution in [1.29, 1.82) is 0 Å². The van der Waals surface area contributed by atoms with Gasteiger partial charge < -0.3 is 20.7 Å². The maximum Gasteiger partial charge on any atom is 0.280 e. The lowest BCUT2D eigenvalue weighted by Gasteiger charge is -2.26. The lowest BCUT2D eigenvalue weighted by molar-refractivity contribution is -0.0892. The second kappa shape index (κ2) is 4.48. The number of hydrogen-bond donors (Lipinski definition) is 4. The van der Waals surface area contributed by atoms with Crippen molar-refractivity contribution in [2.24, 2.45) is 0 Å². The number of aliphatic hydroxyl groups is 2. The van der Waals surface area contributed by atoms with Gasteiger partial charge in [0.1, 0.15) is 11.7 Å². The fraction of sp³-hybridized carbons (Fsp3) is 0.545. The summed E-state index contributed by atoms with van der Waals surface area (Å²) in [5.41, 5.74) is 3.06. The molecule has 1 aliphatic heterocycles. The van der Waals surface area contributed by atoms with Gasteiger partial charge in [0, 0.05) is 0 Å². The fourth-order valence-corrected chi connectivity index (χ4v) is 2.48. The van der Waals surface area contributed by atoms with E-state index in [-0.39, 0.29) is 17.1 Å². The van der Waals surface area contributed by atoms with Gasteiger partial charge in [-0.25, -0.2) is 9.37 Å². The van der Waals surface area contributed by atoms with Crippen molar-refractivity contribution >= 4 is 17.1 Å². The molecule has 0 spiro atoms. The van der Waals surface area contributed by atoms with E-state index in [0.29, 0.717) is 0 Å². The van der Waals surface area contributed by atoms with Crippen molar-refractivity contribution in [2.75, 3.05) is 12.3 Å². The van der Waals surface area contributed by atoms with Gasteiger partial charge in [0.2, 0.25) is 5.95 Å². The van der Waals surface area contributed by atoms with Crippen LogP contribution in [-0.2, 0) is 4.74 Å². The first-order valence-electron chi connectivity index (χ1n) is 6.21. The predicted octanol–water partition coefficient (Wildman–Crippen LogP) is -1.32. The van der Waals surface area contributed by atoms with Gasteiger partial charge in [-0.2, -0.15) is 4.98 Å². The SMILES string of the molecule is C[C@@]1(O)[C@H](F)[C@@H](CO)O[C@H]1n1cnc2c(=O)[nH]c(N)nc21. The highest BCUT2D eigenvalue weighted by Gasteiger charge is 2.54. The van der Waals surface area contributed by atoms with E-state index < -0.39 is 36.3 Å². The molecule has 0 radical (unpaired) electrons. The van der Waals surface area contributed by atoms with Crippen LogP contribution in [0.25, 0.3) is 11.2 Å². The van der Waals surface area contributed by atoms with E-state index in [4.69, 9.17) is 15.6 Å². The number of H-pyrrole nitrogens is 1. The Labute approximate surface area is 117 Å². The van der Waals surface area contributed by atoms with Gasteiger partial charge in [-0.1, -0.05) is 0 Å². The van der Waals surface area contributed by atoms with Crippen molar-refractivity contribution < 1.29 is 19.3 Å². The minimum Gasteiger partial charge on any atom is -0.394 e.